The van der Waals surface area contributed by atoms with Crippen LogP contribution < -0.4 is 0 Å². The van der Waals surface area contributed by atoms with Crippen molar-refractivity contribution in [3.63, 3.8) is 0 Å². The Morgan fingerprint density at radius 2 is 2.00 bits per heavy atom. The summed E-state index contributed by atoms with van der Waals surface area (Å²) in [6.45, 7) is 0. The van der Waals surface area contributed by atoms with Gasteiger partial charge in [0.1, 0.15) is 5.75 Å². The Hall–Kier alpha value is -0.700. The highest BCUT2D eigenvalue weighted by atomic mass is 127. The Kier molecular flexibility index (Phi) is 3.66. The number of carbonyl (C=O) groups is 1. The summed E-state index contributed by atoms with van der Waals surface area (Å²) in [6.07, 6.45) is 0. The molecule has 0 saturated heterocycles. The third kappa shape index (κ3) is 4.12. The standard InChI is InChI=1S/C8H6FIO4S/c9-15(13,14)4-5-1-6(8(11)12)3-7(10)2-5/h1-3H,4H2,(H,11,12). The van der Waals surface area contributed by atoms with Crippen LogP contribution >= 0.6 is 22.6 Å². The molecular formula is C8H6FIO4S. The number of hydrogen-bond acceptors (Lipinski definition) is 3. The SMILES string of the molecule is O=C(O)c1cc(I)cc(CS(=O)(=O)F)c1. The van der Waals surface area contributed by atoms with Crippen LogP contribution in [-0.4, -0.2) is 19.5 Å². The first-order valence-corrected chi connectivity index (χ1v) is 6.36. The van der Waals surface area contributed by atoms with E-state index in [4.69, 9.17) is 5.11 Å². The first kappa shape index (κ1) is 12.4. The van der Waals surface area contributed by atoms with Crippen molar-refractivity contribution < 1.29 is 22.2 Å². The number of halogens is 2. The highest BCUT2D eigenvalue weighted by Gasteiger charge is 2.12. The van der Waals surface area contributed by atoms with Crippen LogP contribution in [0.5, 0.6) is 0 Å². The predicted molar refractivity (Wildman–Crippen MR) is 59.9 cm³/mol. The number of carboxylic acids is 1. The van der Waals surface area contributed by atoms with Gasteiger partial charge >= 0.3 is 16.2 Å². The van der Waals surface area contributed by atoms with Crippen molar-refractivity contribution >= 4 is 38.8 Å². The molecule has 0 atom stereocenters. The second-order valence-electron chi connectivity index (χ2n) is 2.84. The molecule has 4 nitrogen and oxygen atoms in total. The second-order valence-corrected chi connectivity index (χ2v) is 5.45. The van der Waals surface area contributed by atoms with E-state index >= 15 is 0 Å². The summed E-state index contributed by atoms with van der Waals surface area (Å²) in [5.74, 6) is -1.98. The van der Waals surface area contributed by atoms with E-state index in [1.54, 1.807) is 0 Å². The molecule has 0 aliphatic rings. The van der Waals surface area contributed by atoms with Gasteiger partial charge in [0.05, 0.1) is 5.56 Å². The Bertz CT molecular complexity index is 497. The maximum absolute atomic E-state index is 12.4. The number of hydrogen-bond donors (Lipinski definition) is 1. The molecule has 0 aliphatic carbocycles. The van der Waals surface area contributed by atoms with Gasteiger partial charge in [-0.2, -0.15) is 8.42 Å². The Labute approximate surface area is 99.5 Å². The van der Waals surface area contributed by atoms with Crippen molar-refractivity contribution in [1.29, 1.82) is 0 Å². The largest absolute Gasteiger partial charge is 0.478 e. The highest BCUT2D eigenvalue weighted by molar-refractivity contribution is 14.1. The summed E-state index contributed by atoms with van der Waals surface area (Å²) in [5, 5.41) is 8.69. The predicted octanol–water partition coefficient (Wildman–Crippen LogP) is 1.79. The van der Waals surface area contributed by atoms with E-state index in [1.807, 2.05) is 22.6 Å². The minimum atomic E-state index is -4.63. The van der Waals surface area contributed by atoms with Crippen LogP contribution in [-0.2, 0) is 16.0 Å². The summed E-state index contributed by atoms with van der Waals surface area (Å²) in [4.78, 5) is 10.6. The van der Waals surface area contributed by atoms with Gasteiger partial charge in [0.15, 0.2) is 0 Å². The lowest BCUT2D eigenvalue weighted by Crippen LogP contribution is -2.02. The topological polar surface area (TPSA) is 71.4 Å². The van der Waals surface area contributed by atoms with Gasteiger partial charge in [-0.05, 0) is 46.4 Å². The molecule has 0 spiro atoms. The zero-order valence-corrected chi connectivity index (χ0v) is 10.2. The molecule has 82 valence electrons. The van der Waals surface area contributed by atoms with Crippen molar-refractivity contribution in [2.45, 2.75) is 5.75 Å². The van der Waals surface area contributed by atoms with Crippen LogP contribution in [0.4, 0.5) is 3.89 Å². The van der Waals surface area contributed by atoms with Crippen LogP contribution in [0.3, 0.4) is 0 Å². The smallest absolute Gasteiger partial charge is 0.335 e. The van der Waals surface area contributed by atoms with E-state index in [-0.39, 0.29) is 11.1 Å². The van der Waals surface area contributed by atoms with Crippen LogP contribution in [0.1, 0.15) is 15.9 Å². The molecule has 15 heavy (non-hydrogen) atoms. The number of benzene rings is 1. The molecule has 0 amide bonds. The molecule has 0 saturated carbocycles. The summed E-state index contributed by atoms with van der Waals surface area (Å²) in [5.41, 5.74) is 0.0716. The molecule has 0 unspecified atom stereocenters. The maximum Gasteiger partial charge on any atom is 0.335 e. The van der Waals surface area contributed by atoms with Gasteiger partial charge in [-0.15, -0.1) is 3.89 Å². The molecule has 1 aromatic carbocycles. The lowest BCUT2D eigenvalue weighted by molar-refractivity contribution is 0.0696. The van der Waals surface area contributed by atoms with Crippen LogP contribution in [0, 0.1) is 3.57 Å². The molecule has 0 fully saturated rings. The van der Waals surface area contributed by atoms with Crippen molar-refractivity contribution in [1.82, 2.24) is 0 Å². The molecule has 7 heteroatoms. The minimum absolute atomic E-state index is 0.0550. The molecule has 1 rings (SSSR count). The minimum Gasteiger partial charge on any atom is -0.478 e. The van der Waals surface area contributed by atoms with Gasteiger partial charge < -0.3 is 5.11 Å². The van der Waals surface area contributed by atoms with E-state index in [9.17, 15) is 17.1 Å². The average molecular weight is 344 g/mol. The molecule has 0 aliphatic heterocycles. The molecule has 0 aromatic heterocycles. The Morgan fingerprint density at radius 1 is 1.40 bits per heavy atom. The van der Waals surface area contributed by atoms with Gasteiger partial charge in [-0.25, -0.2) is 4.79 Å². The maximum atomic E-state index is 12.4. The lowest BCUT2D eigenvalue weighted by Gasteiger charge is -2.01. The van der Waals surface area contributed by atoms with E-state index in [2.05, 4.69) is 0 Å². The Morgan fingerprint density at radius 3 is 2.47 bits per heavy atom. The van der Waals surface area contributed by atoms with Crippen molar-refractivity contribution in [3.05, 3.63) is 32.9 Å². The first-order valence-electron chi connectivity index (χ1n) is 3.73. The normalized spacial score (nSPS) is 11.3. The second kappa shape index (κ2) is 4.44. The summed E-state index contributed by atoms with van der Waals surface area (Å²) >= 11 is 1.84. The van der Waals surface area contributed by atoms with Crippen LogP contribution in [0.25, 0.3) is 0 Å². The van der Waals surface area contributed by atoms with Gasteiger partial charge in [0.2, 0.25) is 0 Å². The van der Waals surface area contributed by atoms with Crippen molar-refractivity contribution in [2.75, 3.05) is 0 Å². The van der Waals surface area contributed by atoms with E-state index in [0.717, 1.165) is 6.07 Å². The van der Waals surface area contributed by atoms with E-state index < -0.39 is 21.9 Å². The zero-order chi connectivity index (χ0) is 11.6. The molecule has 1 N–H and O–H groups in total. The van der Waals surface area contributed by atoms with E-state index in [0.29, 0.717) is 3.57 Å². The monoisotopic (exact) mass is 344 g/mol. The quantitative estimate of drug-likeness (QED) is 0.670. The molecule has 0 heterocycles. The first-order chi connectivity index (χ1) is 6.78. The summed E-state index contributed by atoms with van der Waals surface area (Å²) in [7, 11) is -4.63. The average Bonchev–Trinajstić information content (AvgIpc) is 1.99. The number of rotatable bonds is 3. The van der Waals surface area contributed by atoms with Crippen LogP contribution in [0.2, 0.25) is 0 Å². The zero-order valence-electron chi connectivity index (χ0n) is 7.28. The molecule has 1 aromatic rings. The summed E-state index contributed by atoms with van der Waals surface area (Å²) < 4.78 is 33.7. The number of aromatic carboxylic acids is 1. The highest BCUT2D eigenvalue weighted by Crippen LogP contribution is 2.15. The van der Waals surface area contributed by atoms with E-state index in [1.165, 1.54) is 12.1 Å². The molecule has 0 radical (unpaired) electrons. The van der Waals surface area contributed by atoms with Crippen LogP contribution in [0.15, 0.2) is 18.2 Å². The fourth-order valence-corrected chi connectivity index (χ4v) is 2.36. The third-order valence-corrected chi connectivity index (χ3v) is 2.84. The lowest BCUT2D eigenvalue weighted by atomic mass is 10.1. The Balaban J connectivity index is 3.15. The molecule has 0 bridgehead atoms. The fraction of sp³-hybridized carbons (Fsp3) is 0.125. The third-order valence-electron chi connectivity index (χ3n) is 1.54. The molecular weight excluding hydrogens is 338 g/mol. The van der Waals surface area contributed by atoms with Crippen molar-refractivity contribution in [3.8, 4) is 0 Å². The van der Waals surface area contributed by atoms with Crippen molar-refractivity contribution in [2.24, 2.45) is 0 Å². The van der Waals surface area contributed by atoms with Gasteiger partial charge in [-0.1, -0.05) is 0 Å². The van der Waals surface area contributed by atoms with Gasteiger partial charge in [0.25, 0.3) is 0 Å². The number of carboxylic acid groups (broad SMARTS) is 1. The summed E-state index contributed by atoms with van der Waals surface area (Å²) in [6, 6.07) is 3.93. The van der Waals surface area contributed by atoms with Gasteiger partial charge in [-0.3, -0.25) is 0 Å². The van der Waals surface area contributed by atoms with Gasteiger partial charge in [0, 0.05) is 3.57 Å². The fourth-order valence-electron chi connectivity index (χ4n) is 1.06.